The maximum atomic E-state index is 11.0. The van der Waals surface area contributed by atoms with Gasteiger partial charge in [0.15, 0.2) is 6.29 Å². The second-order valence-corrected chi connectivity index (χ2v) is 3.27. The van der Waals surface area contributed by atoms with Crippen LogP contribution in [0.5, 0.6) is 5.75 Å². The van der Waals surface area contributed by atoms with Gasteiger partial charge >= 0.3 is 0 Å². The lowest BCUT2D eigenvalue weighted by atomic mass is 10.1. The van der Waals surface area contributed by atoms with Crippen LogP contribution in [0.3, 0.4) is 0 Å². The highest BCUT2D eigenvalue weighted by molar-refractivity contribution is 5.85. The highest BCUT2D eigenvalue weighted by Gasteiger charge is 2.15. The van der Waals surface area contributed by atoms with Gasteiger partial charge in [0.1, 0.15) is 17.1 Å². The van der Waals surface area contributed by atoms with Gasteiger partial charge in [-0.05, 0) is 19.1 Å². The number of rotatable bonds is 3. The fourth-order valence-corrected chi connectivity index (χ4v) is 1.54. The molecular weight excluding hydrogens is 206 g/mol. The molecule has 1 N–H and O–H groups in total. The average molecular weight is 217 g/mol. The van der Waals surface area contributed by atoms with Crippen molar-refractivity contribution in [2.75, 3.05) is 0 Å². The number of nitrogens with zero attached hydrogens (tertiary/aromatic N) is 3. The number of hydrogen-bond acceptors (Lipinski definition) is 4. The molecule has 0 bridgehead atoms. The number of aromatic nitrogens is 3. The van der Waals surface area contributed by atoms with Crippen LogP contribution in [0.25, 0.3) is 11.3 Å². The Hall–Kier alpha value is -2.17. The minimum Gasteiger partial charge on any atom is -0.507 e. The van der Waals surface area contributed by atoms with Gasteiger partial charge in [0.05, 0.1) is 0 Å². The summed E-state index contributed by atoms with van der Waals surface area (Å²) in [6.07, 6.45) is 0.700. The molecule has 16 heavy (non-hydrogen) atoms. The van der Waals surface area contributed by atoms with Gasteiger partial charge in [-0.25, -0.2) is 4.68 Å². The number of benzene rings is 1. The number of carbonyl (C=O) groups is 1. The summed E-state index contributed by atoms with van der Waals surface area (Å²) in [4.78, 5) is 11.0. The smallest absolute Gasteiger partial charge is 0.170 e. The molecular formula is C11H11N3O2. The normalized spacial score (nSPS) is 10.3. The number of phenols is 1. The Bertz CT molecular complexity index is 520. The van der Waals surface area contributed by atoms with Gasteiger partial charge in [-0.15, -0.1) is 5.10 Å². The molecule has 0 atom stereocenters. The minimum absolute atomic E-state index is 0.0914. The van der Waals surface area contributed by atoms with E-state index in [2.05, 4.69) is 10.3 Å². The van der Waals surface area contributed by atoms with E-state index < -0.39 is 0 Å². The van der Waals surface area contributed by atoms with E-state index in [1.165, 1.54) is 4.68 Å². The van der Waals surface area contributed by atoms with Crippen molar-refractivity contribution in [3.63, 3.8) is 0 Å². The van der Waals surface area contributed by atoms with Crippen molar-refractivity contribution in [1.82, 2.24) is 15.0 Å². The molecule has 1 aromatic heterocycles. The Morgan fingerprint density at radius 1 is 1.44 bits per heavy atom. The summed E-state index contributed by atoms with van der Waals surface area (Å²) in [5.74, 6) is 0.0914. The predicted octanol–water partition coefficient (Wildman–Crippen LogP) is 1.48. The second kappa shape index (κ2) is 4.14. The van der Waals surface area contributed by atoms with Gasteiger partial charge in [0.2, 0.25) is 0 Å². The van der Waals surface area contributed by atoms with Gasteiger partial charge in [0, 0.05) is 12.1 Å². The molecule has 0 aliphatic rings. The molecule has 0 aliphatic heterocycles. The zero-order valence-corrected chi connectivity index (χ0v) is 8.79. The third kappa shape index (κ3) is 1.56. The molecule has 0 saturated carbocycles. The Morgan fingerprint density at radius 3 is 2.81 bits per heavy atom. The number of phenolic OH excluding ortho intramolecular Hbond substituents is 1. The fourth-order valence-electron chi connectivity index (χ4n) is 1.54. The molecule has 0 unspecified atom stereocenters. The van der Waals surface area contributed by atoms with E-state index in [0.717, 1.165) is 0 Å². The van der Waals surface area contributed by atoms with E-state index >= 15 is 0 Å². The zero-order valence-electron chi connectivity index (χ0n) is 8.79. The molecule has 1 aromatic carbocycles. The molecule has 0 saturated heterocycles. The molecule has 2 aromatic rings. The number of aryl methyl sites for hydroxylation is 1. The first-order valence-electron chi connectivity index (χ1n) is 4.95. The summed E-state index contributed by atoms with van der Waals surface area (Å²) >= 11 is 0. The number of hydrogen-bond donors (Lipinski definition) is 1. The summed E-state index contributed by atoms with van der Waals surface area (Å²) in [5.41, 5.74) is 1.31. The highest BCUT2D eigenvalue weighted by Crippen LogP contribution is 2.28. The molecule has 0 amide bonds. The van der Waals surface area contributed by atoms with Crippen molar-refractivity contribution in [1.29, 1.82) is 0 Å². The SMILES string of the molecule is CCn1nnc(-c2ccccc2O)c1C=O. The molecule has 2 rings (SSSR count). The molecule has 0 aliphatic carbocycles. The van der Waals surface area contributed by atoms with Crippen LogP contribution in [0.4, 0.5) is 0 Å². The number of aldehydes is 1. The monoisotopic (exact) mass is 217 g/mol. The number of para-hydroxylation sites is 1. The molecule has 82 valence electrons. The Kier molecular flexibility index (Phi) is 2.68. The second-order valence-electron chi connectivity index (χ2n) is 3.27. The van der Waals surface area contributed by atoms with Crippen molar-refractivity contribution in [3.05, 3.63) is 30.0 Å². The third-order valence-corrected chi connectivity index (χ3v) is 2.34. The fraction of sp³-hybridized carbons (Fsp3) is 0.182. The quantitative estimate of drug-likeness (QED) is 0.791. The lowest BCUT2D eigenvalue weighted by Gasteiger charge is -2.01. The van der Waals surface area contributed by atoms with Gasteiger partial charge in [-0.1, -0.05) is 17.3 Å². The van der Waals surface area contributed by atoms with E-state index in [0.29, 0.717) is 29.8 Å². The van der Waals surface area contributed by atoms with Gasteiger partial charge < -0.3 is 5.11 Å². The van der Waals surface area contributed by atoms with E-state index in [9.17, 15) is 9.90 Å². The van der Waals surface area contributed by atoms with Crippen LogP contribution in [0.15, 0.2) is 24.3 Å². The molecule has 0 fully saturated rings. The van der Waals surface area contributed by atoms with Crippen LogP contribution in [0.2, 0.25) is 0 Å². The summed E-state index contributed by atoms with van der Waals surface area (Å²) in [7, 11) is 0. The first kappa shape index (κ1) is 10.4. The largest absolute Gasteiger partial charge is 0.507 e. The first-order chi connectivity index (χ1) is 7.77. The Morgan fingerprint density at radius 2 is 2.19 bits per heavy atom. The third-order valence-electron chi connectivity index (χ3n) is 2.34. The topological polar surface area (TPSA) is 68.0 Å². The Labute approximate surface area is 92.3 Å². The maximum Gasteiger partial charge on any atom is 0.170 e. The minimum atomic E-state index is 0.0914. The lowest BCUT2D eigenvalue weighted by Crippen LogP contribution is -2.01. The zero-order chi connectivity index (χ0) is 11.5. The van der Waals surface area contributed by atoms with Crippen molar-refractivity contribution in [3.8, 4) is 17.0 Å². The summed E-state index contributed by atoms with van der Waals surface area (Å²) in [5, 5.41) is 17.4. The van der Waals surface area contributed by atoms with Crippen LogP contribution in [0.1, 0.15) is 17.4 Å². The number of carbonyl (C=O) groups excluding carboxylic acids is 1. The van der Waals surface area contributed by atoms with Crippen LogP contribution >= 0.6 is 0 Å². The lowest BCUT2D eigenvalue weighted by molar-refractivity contribution is 0.111. The van der Waals surface area contributed by atoms with E-state index in [4.69, 9.17) is 0 Å². The van der Waals surface area contributed by atoms with Crippen LogP contribution in [-0.2, 0) is 6.54 Å². The van der Waals surface area contributed by atoms with E-state index in [1.54, 1.807) is 24.3 Å². The average Bonchev–Trinajstić information content (AvgIpc) is 2.72. The summed E-state index contributed by atoms with van der Waals surface area (Å²) in [6, 6.07) is 6.74. The van der Waals surface area contributed by atoms with Crippen molar-refractivity contribution < 1.29 is 9.90 Å². The Balaban J connectivity index is 2.61. The first-order valence-corrected chi connectivity index (χ1v) is 4.95. The maximum absolute atomic E-state index is 11.0. The summed E-state index contributed by atoms with van der Waals surface area (Å²) in [6.45, 7) is 2.44. The van der Waals surface area contributed by atoms with Crippen molar-refractivity contribution in [2.24, 2.45) is 0 Å². The summed E-state index contributed by atoms with van der Waals surface area (Å²) < 4.78 is 1.49. The molecule has 5 heteroatoms. The molecule has 1 heterocycles. The molecule has 0 radical (unpaired) electrons. The van der Waals surface area contributed by atoms with E-state index in [-0.39, 0.29) is 5.75 Å². The van der Waals surface area contributed by atoms with Crippen LogP contribution < -0.4 is 0 Å². The predicted molar refractivity (Wildman–Crippen MR) is 58.2 cm³/mol. The van der Waals surface area contributed by atoms with Gasteiger partial charge in [-0.2, -0.15) is 0 Å². The van der Waals surface area contributed by atoms with Crippen molar-refractivity contribution in [2.45, 2.75) is 13.5 Å². The molecule has 5 nitrogen and oxygen atoms in total. The van der Waals surface area contributed by atoms with Crippen LogP contribution in [-0.4, -0.2) is 26.4 Å². The highest BCUT2D eigenvalue weighted by atomic mass is 16.3. The van der Waals surface area contributed by atoms with E-state index in [1.807, 2.05) is 6.92 Å². The van der Waals surface area contributed by atoms with Crippen LogP contribution in [0, 0.1) is 0 Å². The van der Waals surface area contributed by atoms with Crippen molar-refractivity contribution >= 4 is 6.29 Å². The number of aromatic hydroxyl groups is 1. The molecule has 0 spiro atoms. The van der Waals surface area contributed by atoms with Gasteiger partial charge in [-0.3, -0.25) is 4.79 Å². The van der Waals surface area contributed by atoms with Gasteiger partial charge in [0.25, 0.3) is 0 Å². The standard InChI is InChI=1S/C11H11N3O2/c1-2-14-9(7-15)11(12-13-14)8-5-3-4-6-10(8)16/h3-7,16H,2H2,1H3.